The second kappa shape index (κ2) is 7.84. The summed E-state index contributed by atoms with van der Waals surface area (Å²) in [6.07, 6.45) is 1.88. The van der Waals surface area contributed by atoms with E-state index in [1.54, 1.807) is 6.07 Å². The molecule has 0 saturated heterocycles. The third-order valence-electron chi connectivity index (χ3n) is 3.75. The first-order valence-electron chi connectivity index (χ1n) is 8.24. The average molecular weight is 349 g/mol. The molecule has 0 saturated carbocycles. The van der Waals surface area contributed by atoms with E-state index in [1.807, 2.05) is 25.1 Å². The van der Waals surface area contributed by atoms with Gasteiger partial charge in [0.05, 0.1) is 12.1 Å². The Hall–Kier alpha value is -1.81. The topological polar surface area (TPSA) is 55.1 Å². The number of rotatable bonds is 6. The van der Waals surface area contributed by atoms with Crippen molar-refractivity contribution >= 4 is 17.5 Å². The van der Waals surface area contributed by atoms with Crippen LogP contribution in [0.3, 0.4) is 0 Å². The smallest absolute Gasteiger partial charge is 0.224 e. The van der Waals surface area contributed by atoms with Gasteiger partial charge < -0.3 is 9.73 Å². The third kappa shape index (κ3) is 5.10. The predicted octanol–water partition coefficient (Wildman–Crippen LogP) is 4.23. The number of nitrogens with zero attached hydrogens (tertiary/aromatic N) is 1. The molecule has 2 rings (SSSR count). The number of halogens is 1. The van der Waals surface area contributed by atoms with Gasteiger partial charge in [-0.05, 0) is 25.0 Å². The molecule has 2 aromatic rings. The van der Waals surface area contributed by atoms with E-state index in [4.69, 9.17) is 16.0 Å². The Morgan fingerprint density at radius 3 is 2.62 bits per heavy atom. The van der Waals surface area contributed by atoms with Crippen molar-refractivity contribution in [3.05, 3.63) is 52.2 Å². The van der Waals surface area contributed by atoms with Crippen molar-refractivity contribution in [1.82, 2.24) is 10.3 Å². The first-order chi connectivity index (χ1) is 11.3. The molecule has 0 radical (unpaired) electrons. The van der Waals surface area contributed by atoms with Gasteiger partial charge in [-0.1, -0.05) is 50.6 Å². The van der Waals surface area contributed by atoms with Gasteiger partial charge in [0.25, 0.3) is 0 Å². The molecular formula is C19H25ClN2O2. The Labute approximate surface area is 148 Å². The van der Waals surface area contributed by atoms with Crippen LogP contribution >= 0.6 is 11.6 Å². The molecule has 0 atom stereocenters. The second-order valence-corrected chi connectivity index (χ2v) is 7.41. The van der Waals surface area contributed by atoms with Crippen LogP contribution in [0.15, 0.2) is 28.7 Å². The van der Waals surface area contributed by atoms with Gasteiger partial charge >= 0.3 is 0 Å². The quantitative estimate of drug-likeness (QED) is 0.795. The van der Waals surface area contributed by atoms with E-state index in [9.17, 15) is 4.79 Å². The Morgan fingerprint density at radius 2 is 2.00 bits per heavy atom. The number of hydrogen-bond donors (Lipinski definition) is 1. The Bertz CT molecular complexity index is 702. The van der Waals surface area contributed by atoms with Gasteiger partial charge in [-0.2, -0.15) is 0 Å². The average Bonchev–Trinajstić information content (AvgIpc) is 2.87. The van der Waals surface area contributed by atoms with Gasteiger partial charge in [0.15, 0.2) is 5.89 Å². The summed E-state index contributed by atoms with van der Waals surface area (Å²) in [7, 11) is 0. The highest BCUT2D eigenvalue weighted by molar-refractivity contribution is 6.31. The van der Waals surface area contributed by atoms with Crippen molar-refractivity contribution in [2.75, 3.05) is 6.54 Å². The number of carbonyl (C=O) groups is 1. The minimum absolute atomic E-state index is 0.0206. The summed E-state index contributed by atoms with van der Waals surface area (Å²) in [6.45, 7) is 8.81. The molecular weight excluding hydrogens is 324 g/mol. The fourth-order valence-electron chi connectivity index (χ4n) is 2.33. The van der Waals surface area contributed by atoms with Crippen molar-refractivity contribution < 1.29 is 9.21 Å². The van der Waals surface area contributed by atoms with Crippen LogP contribution in [0.5, 0.6) is 0 Å². The van der Waals surface area contributed by atoms with Crippen LogP contribution in [0, 0.1) is 6.92 Å². The second-order valence-electron chi connectivity index (χ2n) is 7.00. The third-order valence-corrected chi connectivity index (χ3v) is 4.11. The highest BCUT2D eigenvalue weighted by atomic mass is 35.5. The van der Waals surface area contributed by atoms with Gasteiger partial charge in [0.1, 0.15) is 5.76 Å². The summed E-state index contributed by atoms with van der Waals surface area (Å²) in [5, 5.41) is 3.55. The van der Waals surface area contributed by atoms with E-state index in [0.29, 0.717) is 18.0 Å². The molecule has 0 fully saturated rings. The molecule has 5 heteroatoms. The van der Waals surface area contributed by atoms with Gasteiger partial charge in [-0.3, -0.25) is 4.79 Å². The molecule has 1 amide bonds. The lowest BCUT2D eigenvalue weighted by atomic mass is 9.97. The molecule has 0 aliphatic heterocycles. The molecule has 1 heterocycles. The zero-order chi connectivity index (χ0) is 17.7. The van der Waals surface area contributed by atoms with Gasteiger partial charge in [-0.25, -0.2) is 4.98 Å². The normalized spacial score (nSPS) is 11.5. The van der Waals surface area contributed by atoms with Crippen LogP contribution in [0.4, 0.5) is 0 Å². The number of aryl methyl sites for hydroxylation is 2. The maximum Gasteiger partial charge on any atom is 0.224 e. The van der Waals surface area contributed by atoms with Crippen molar-refractivity contribution in [3.8, 4) is 0 Å². The summed E-state index contributed by atoms with van der Waals surface area (Å²) in [6, 6.07) is 7.40. The summed E-state index contributed by atoms with van der Waals surface area (Å²) >= 11 is 6.07. The number of hydrogen-bond acceptors (Lipinski definition) is 3. The number of aromatic nitrogens is 1. The summed E-state index contributed by atoms with van der Waals surface area (Å²) in [5.41, 5.74) is 1.69. The number of amides is 1. The minimum atomic E-state index is -0.0911. The number of carbonyl (C=O) groups excluding carboxylic acids is 1. The lowest BCUT2D eigenvalue weighted by Gasteiger charge is -2.12. The monoisotopic (exact) mass is 348 g/mol. The highest BCUT2D eigenvalue weighted by Crippen LogP contribution is 2.24. The van der Waals surface area contributed by atoms with Crippen LogP contribution in [0.2, 0.25) is 5.02 Å². The molecule has 0 spiro atoms. The SMILES string of the molecule is Cc1nc(C(C)(C)C)oc1CCCNC(=O)Cc1ccccc1Cl. The molecule has 1 N–H and O–H groups in total. The Kier molecular flexibility index (Phi) is 6.05. The van der Waals surface area contributed by atoms with Crippen molar-refractivity contribution in [3.63, 3.8) is 0 Å². The number of nitrogens with one attached hydrogen (secondary N) is 1. The molecule has 4 nitrogen and oxygen atoms in total. The van der Waals surface area contributed by atoms with Gasteiger partial charge in [0, 0.05) is 23.4 Å². The van der Waals surface area contributed by atoms with E-state index in [1.165, 1.54) is 0 Å². The fourth-order valence-corrected chi connectivity index (χ4v) is 2.54. The van der Waals surface area contributed by atoms with E-state index in [-0.39, 0.29) is 11.3 Å². The standard InChI is InChI=1S/C19H25ClN2O2/c1-13-16(24-18(22-13)19(2,3)4)10-7-11-21-17(23)12-14-8-5-6-9-15(14)20/h5-6,8-9H,7,10-12H2,1-4H3,(H,21,23). The van der Waals surface area contributed by atoms with Crippen molar-refractivity contribution in [2.45, 2.75) is 52.4 Å². The van der Waals surface area contributed by atoms with E-state index in [0.717, 1.165) is 35.7 Å². The molecule has 24 heavy (non-hydrogen) atoms. The Morgan fingerprint density at radius 1 is 1.29 bits per heavy atom. The largest absolute Gasteiger partial charge is 0.445 e. The summed E-state index contributed by atoms with van der Waals surface area (Å²) in [4.78, 5) is 16.5. The molecule has 0 unspecified atom stereocenters. The molecule has 0 aliphatic rings. The predicted molar refractivity (Wildman–Crippen MR) is 96.4 cm³/mol. The van der Waals surface area contributed by atoms with Crippen molar-refractivity contribution in [2.24, 2.45) is 0 Å². The zero-order valence-electron chi connectivity index (χ0n) is 14.8. The van der Waals surface area contributed by atoms with Crippen LogP contribution in [-0.2, 0) is 23.1 Å². The lowest BCUT2D eigenvalue weighted by molar-refractivity contribution is -0.120. The molecule has 0 bridgehead atoms. The maximum absolute atomic E-state index is 12.0. The van der Waals surface area contributed by atoms with Crippen LogP contribution in [0.25, 0.3) is 0 Å². The highest BCUT2D eigenvalue weighted by Gasteiger charge is 2.22. The van der Waals surface area contributed by atoms with Crippen molar-refractivity contribution in [1.29, 1.82) is 0 Å². The van der Waals surface area contributed by atoms with Crippen LogP contribution < -0.4 is 5.32 Å². The number of oxazole rings is 1. The molecule has 130 valence electrons. The summed E-state index contributed by atoms with van der Waals surface area (Å²) in [5.74, 6) is 1.64. The molecule has 1 aromatic heterocycles. The minimum Gasteiger partial charge on any atom is -0.445 e. The fraction of sp³-hybridized carbons (Fsp3) is 0.474. The number of benzene rings is 1. The van der Waals surface area contributed by atoms with Crippen LogP contribution in [0.1, 0.15) is 50.1 Å². The first-order valence-corrected chi connectivity index (χ1v) is 8.62. The van der Waals surface area contributed by atoms with E-state index in [2.05, 4.69) is 31.1 Å². The zero-order valence-corrected chi connectivity index (χ0v) is 15.5. The lowest BCUT2D eigenvalue weighted by Crippen LogP contribution is -2.26. The van der Waals surface area contributed by atoms with E-state index >= 15 is 0 Å². The summed E-state index contributed by atoms with van der Waals surface area (Å²) < 4.78 is 5.86. The molecule has 0 aliphatic carbocycles. The van der Waals surface area contributed by atoms with Gasteiger partial charge in [-0.15, -0.1) is 0 Å². The van der Waals surface area contributed by atoms with Gasteiger partial charge in [0.2, 0.25) is 5.91 Å². The van der Waals surface area contributed by atoms with E-state index < -0.39 is 0 Å². The Balaban J connectivity index is 1.78. The maximum atomic E-state index is 12.0. The van der Waals surface area contributed by atoms with Crippen LogP contribution in [-0.4, -0.2) is 17.4 Å². The first kappa shape index (κ1) is 18.5. The molecule has 1 aromatic carbocycles.